The van der Waals surface area contributed by atoms with Crippen LogP contribution in [0.2, 0.25) is 16.6 Å². The number of hydrogen-bond acceptors (Lipinski definition) is 3. The van der Waals surface area contributed by atoms with Crippen molar-refractivity contribution in [1.29, 1.82) is 0 Å². The predicted molar refractivity (Wildman–Crippen MR) is 136 cm³/mol. The van der Waals surface area contributed by atoms with Gasteiger partial charge in [-0.05, 0) is 65.9 Å². The molecule has 0 atom stereocenters. The van der Waals surface area contributed by atoms with Gasteiger partial charge in [0, 0.05) is 6.07 Å². The zero-order valence-corrected chi connectivity index (χ0v) is 21.6. The van der Waals surface area contributed by atoms with E-state index >= 15 is 0 Å². The maximum absolute atomic E-state index is 6.77. The lowest BCUT2D eigenvalue weighted by Crippen LogP contribution is -2.50. The summed E-state index contributed by atoms with van der Waals surface area (Å²) >= 11 is 0. The molecule has 2 aromatic rings. The summed E-state index contributed by atoms with van der Waals surface area (Å²) in [7, 11) is -1.93. The summed E-state index contributed by atoms with van der Waals surface area (Å²) in [5.74, 6) is 2.64. The molecule has 170 valence electrons. The molecule has 0 bridgehead atoms. The molecule has 2 aromatic carbocycles. The van der Waals surface area contributed by atoms with E-state index in [2.05, 4.69) is 78.0 Å². The van der Waals surface area contributed by atoms with Gasteiger partial charge in [0.2, 0.25) is 0 Å². The van der Waals surface area contributed by atoms with Crippen LogP contribution in [0.4, 0.5) is 0 Å². The molecule has 0 radical (unpaired) electrons. The van der Waals surface area contributed by atoms with Crippen LogP contribution in [0.25, 0.3) is 12.2 Å². The maximum Gasteiger partial charge on any atom is 0.258 e. The minimum absolute atomic E-state index is 0.559. The molecule has 0 aliphatic heterocycles. The van der Waals surface area contributed by atoms with Crippen molar-refractivity contribution in [2.75, 3.05) is 13.2 Å². The van der Waals surface area contributed by atoms with E-state index in [0.717, 1.165) is 28.4 Å². The fraction of sp³-hybridized carbons (Fsp3) is 0.481. The molecule has 2 rings (SSSR count). The van der Waals surface area contributed by atoms with Crippen molar-refractivity contribution in [2.24, 2.45) is 0 Å². The zero-order chi connectivity index (χ0) is 23.0. The van der Waals surface area contributed by atoms with Crippen molar-refractivity contribution in [3.63, 3.8) is 0 Å². The second-order valence-corrected chi connectivity index (χ2v) is 14.3. The van der Waals surface area contributed by atoms with Gasteiger partial charge in [-0.15, -0.1) is 0 Å². The molecule has 3 nitrogen and oxygen atoms in total. The Morgan fingerprint density at radius 3 is 1.52 bits per heavy atom. The van der Waals surface area contributed by atoms with Gasteiger partial charge in [-0.1, -0.05) is 65.8 Å². The molecule has 4 heteroatoms. The Labute approximate surface area is 190 Å². The van der Waals surface area contributed by atoms with Crippen molar-refractivity contribution in [2.45, 2.75) is 72.0 Å². The zero-order valence-electron chi connectivity index (χ0n) is 20.6. The van der Waals surface area contributed by atoms with Gasteiger partial charge in [-0.2, -0.15) is 0 Å². The molecule has 0 spiro atoms. The van der Waals surface area contributed by atoms with E-state index in [0.29, 0.717) is 29.8 Å². The Morgan fingerprint density at radius 2 is 1.10 bits per heavy atom. The van der Waals surface area contributed by atoms with Gasteiger partial charge in [-0.25, -0.2) is 0 Å². The quantitative estimate of drug-likeness (QED) is 0.260. The van der Waals surface area contributed by atoms with E-state index in [1.54, 1.807) is 0 Å². The monoisotopic (exact) mass is 440 g/mol. The Morgan fingerprint density at radius 1 is 0.645 bits per heavy atom. The third-order valence-corrected chi connectivity index (χ3v) is 11.9. The van der Waals surface area contributed by atoms with Gasteiger partial charge >= 0.3 is 0 Å². The number of benzene rings is 2. The van der Waals surface area contributed by atoms with Crippen LogP contribution < -0.4 is 13.9 Å². The fourth-order valence-electron chi connectivity index (χ4n) is 4.59. The Balaban J connectivity index is 2.21. The van der Waals surface area contributed by atoms with Crippen LogP contribution in [0.1, 0.15) is 66.5 Å². The first-order chi connectivity index (χ1) is 14.7. The summed E-state index contributed by atoms with van der Waals surface area (Å²) in [4.78, 5) is 0. The summed E-state index contributed by atoms with van der Waals surface area (Å²) in [5, 5.41) is 0. The summed E-state index contributed by atoms with van der Waals surface area (Å²) in [6, 6.07) is 14.5. The average Bonchev–Trinajstić information content (AvgIpc) is 2.71. The lowest BCUT2D eigenvalue weighted by molar-refractivity contribution is 0.323. The Bertz CT molecular complexity index is 792. The summed E-state index contributed by atoms with van der Waals surface area (Å²) < 4.78 is 18.1. The molecule has 0 aliphatic rings. The predicted octanol–water partition coefficient (Wildman–Crippen LogP) is 8.21. The molecular weight excluding hydrogens is 400 g/mol. The summed E-state index contributed by atoms with van der Waals surface area (Å²) in [6.07, 6.45) is 4.21. The standard InChI is InChI=1S/C27H40O3Si/c1-9-28-26-17-24(18-27(19-26)29-10-2)12-11-23-13-15-25(16-14-23)30-31(20(3)4,21(5)6)22(7)8/h11-22H,9-10H2,1-8H3/b12-11+. The van der Waals surface area contributed by atoms with E-state index in [1.807, 2.05) is 32.0 Å². The van der Waals surface area contributed by atoms with Crippen molar-refractivity contribution in [3.8, 4) is 17.2 Å². The molecule has 0 fully saturated rings. The molecule has 0 saturated heterocycles. The average molecular weight is 441 g/mol. The minimum Gasteiger partial charge on any atom is -0.543 e. The van der Waals surface area contributed by atoms with Crippen molar-refractivity contribution in [3.05, 3.63) is 53.6 Å². The highest BCUT2D eigenvalue weighted by atomic mass is 28.4. The fourth-order valence-corrected chi connectivity index (χ4v) is 9.84. The molecule has 0 heterocycles. The second-order valence-electron chi connectivity index (χ2n) is 8.93. The van der Waals surface area contributed by atoms with Gasteiger partial charge in [0.1, 0.15) is 17.2 Å². The number of rotatable bonds is 11. The molecule has 0 amide bonds. The van der Waals surface area contributed by atoms with Crippen LogP contribution in [-0.2, 0) is 0 Å². The van der Waals surface area contributed by atoms with Gasteiger partial charge in [0.05, 0.1) is 13.2 Å². The molecule has 0 aliphatic carbocycles. The van der Waals surface area contributed by atoms with Gasteiger partial charge in [0.25, 0.3) is 8.32 Å². The van der Waals surface area contributed by atoms with E-state index in [4.69, 9.17) is 13.9 Å². The smallest absolute Gasteiger partial charge is 0.258 e. The topological polar surface area (TPSA) is 27.7 Å². The molecule has 31 heavy (non-hydrogen) atoms. The highest BCUT2D eigenvalue weighted by Crippen LogP contribution is 2.42. The summed E-state index contributed by atoms with van der Waals surface area (Å²) in [5.41, 5.74) is 3.87. The SMILES string of the molecule is CCOc1cc(/C=C/c2ccc(O[Si](C(C)C)(C(C)C)C(C)C)cc2)cc(OCC)c1. The van der Waals surface area contributed by atoms with E-state index in [9.17, 15) is 0 Å². The first kappa shape index (κ1) is 25.1. The number of hydrogen-bond donors (Lipinski definition) is 0. The highest BCUT2D eigenvalue weighted by Gasteiger charge is 2.46. The lowest BCUT2D eigenvalue weighted by Gasteiger charge is -2.42. The van der Waals surface area contributed by atoms with Crippen LogP contribution in [-0.4, -0.2) is 21.5 Å². The molecular formula is C27H40O3Si. The van der Waals surface area contributed by atoms with Gasteiger partial charge in [0.15, 0.2) is 0 Å². The van der Waals surface area contributed by atoms with Crippen LogP contribution in [0.15, 0.2) is 42.5 Å². The van der Waals surface area contributed by atoms with E-state index < -0.39 is 8.32 Å². The first-order valence-corrected chi connectivity index (χ1v) is 13.7. The van der Waals surface area contributed by atoms with E-state index in [-0.39, 0.29) is 0 Å². The van der Waals surface area contributed by atoms with Crippen LogP contribution in [0.3, 0.4) is 0 Å². The molecule has 0 aromatic heterocycles. The Hall–Kier alpha value is -2.20. The van der Waals surface area contributed by atoms with Crippen LogP contribution in [0, 0.1) is 0 Å². The van der Waals surface area contributed by atoms with Crippen molar-refractivity contribution >= 4 is 20.5 Å². The van der Waals surface area contributed by atoms with E-state index in [1.165, 1.54) is 0 Å². The van der Waals surface area contributed by atoms with Gasteiger partial charge in [-0.3, -0.25) is 0 Å². The van der Waals surface area contributed by atoms with Crippen LogP contribution in [0.5, 0.6) is 17.2 Å². The molecule has 0 saturated carbocycles. The highest BCUT2D eigenvalue weighted by molar-refractivity contribution is 6.78. The molecule has 0 unspecified atom stereocenters. The van der Waals surface area contributed by atoms with Gasteiger partial charge < -0.3 is 13.9 Å². The third-order valence-electron chi connectivity index (χ3n) is 5.87. The largest absolute Gasteiger partial charge is 0.543 e. The molecule has 0 N–H and O–H groups in total. The maximum atomic E-state index is 6.77. The second kappa shape index (κ2) is 11.4. The first-order valence-electron chi connectivity index (χ1n) is 11.6. The lowest BCUT2D eigenvalue weighted by atomic mass is 10.1. The minimum atomic E-state index is -1.93. The van der Waals surface area contributed by atoms with Crippen molar-refractivity contribution in [1.82, 2.24) is 0 Å². The van der Waals surface area contributed by atoms with Crippen LogP contribution >= 0.6 is 0 Å². The normalized spacial score (nSPS) is 12.2. The third kappa shape index (κ3) is 6.39. The number of ether oxygens (including phenoxy) is 2. The summed E-state index contributed by atoms with van der Waals surface area (Å²) in [6.45, 7) is 19.1. The van der Waals surface area contributed by atoms with Crippen molar-refractivity contribution < 1.29 is 13.9 Å². The Kier molecular flexibility index (Phi) is 9.24.